The van der Waals surface area contributed by atoms with Gasteiger partial charge in [0.2, 0.25) is 0 Å². The first-order valence-corrected chi connectivity index (χ1v) is 10.6. The van der Waals surface area contributed by atoms with Gasteiger partial charge in [-0.25, -0.2) is 14.4 Å². The fourth-order valence-corrected chi connectivity index (χ4v) is 3.39. The molecule has 5 nitrogen and oxygen atoms in total. The van der Waals surface area contributed by atoms with Crippen molar-refractivity contribution in [3.05, 3.63) is 114 Å². The summed E-state index contributed by atoms with van der Waals surface area (Å²) in [6.07, 6.45) is 9.06. The molecule has 0 atom stereocenters. The summed E-state index contributed by atoms with van der Waals surface area (Å²) in [4.78, 5) is 11.9. The Morgan fingerprint density at radius 1 is 1.12 bits per heavy atom. The maximum atomic E-state index is 13.4. The van der Waals surface area contributed by atoms with Crippen LogP contribution in [0.5, 0.6) is 0 Å². The molecule has 166 valence electrons. The minimum atomic E-state index is -0.274. The lowest BCUT2D eigenvalue weighted by Gasteiger charge is -2.12. The number of hydrogen-bond acceptors (Lipinski definition) is 4. The summed E-state index contributed by atoms with van der Waals surface area (Å²) in [5.41, 5.74) is 5.48. The molecule has 0 bridgehead atoms. The number of rotatable bonds is 8. The number of aromatic amines is 1. The van der Waals surface area contributed by atoms with E-state index in [1.165, 1.54) is 18.5 Å². The van der Waals surface area contributed by atoms with E-state index in [2.05, 4.69) is 32.9 Å². The lowest BCUT2D eigenvalue weighted by molar-refractivity contribution is 0.198. The number of ether oxygens (including phenoxy) is 1. The van der Waals surface area contributed by atoms with E-state index in [9.17, 15) is 4.39 Å². The Balaban J connectivity index is 1.56. The van der Waals surface area contributed by atoms with Crippen LogP contribution in [-0.4, -0.2) is 15.0 Å². The number of benzene rings is 2. The summed E-state index contributed by atoms with van der Waals surface area (Å²) in [6, 6.07) is 14.5. The van der Waals surface area contributed by atoms with Gasteiger partial charge in [-0.2, -0.15) is 0 Å². The molecular weight excluding hydrogens is 415 g/mol. The van der Waals surface area contributed by atoms with Gasteiger partial charge in [0.15, 0.2) is 0 Å². The summed E-state index contributed by atoms with van der Waals surface area (Å²) < 4.78 is 19.2. The lowest BCUT2D eigenvalue weighted by atomic mass is 10.1. The fourth-order valence-electron chi connectivity index (χ4n) is 3.39. The molecule has 2 heterocycles. The lowest BCUT2D eigenvalue weighted by Crippen LogP contribution is -2.02. The summed E-state index contributed by atoms with van der Waals surface area (Å²) >= 11 is 0. The summed E-state index contributed by atoms with van der Waals surface area (Å²) in [7, 11) is 0. The second kappa shape index (κ2) is 9.96. The molecule has 0 unspecified atom stereocenters. The van der Waals surface area contributed by atoms with Crippen LogP contribution in [0.1, 0.15) is 19.4 Å². The molecule has 4 rings (SSSR count). The van der Waals surface area contributed by atoms with Crippen molar-refractivity contribution in [1.82, 2.24) is 15.0 Å². The van der Waals surface area contributed by atoms with E-state index in [4.69, 9.17) is 4.74 Å². The number of hydrogen-bond donors (Lipinski definition) is 2. The van der Waals surface area contributed by atoms with Crippen LogP contribution in [0.2, 0.25) is 0 Å². The van der Waals surface area contributed by atoms with Gasteiger partial charge in [0.1, 0.15) is 24.6 Å². The van der Waals surface area contributed by atoms with Crippen molar-refractivity contribution in [2.45, 2.75) is 20.5 Å². The number of allylic oxidation sites excluding steroid dienone is 4. The number of nitrogens with zero attached hydrogens (tertiary/aromatic N) is 2. The van der Waals surface area contributed by atoms with Crippen LogP contribution in [-0.2, 0) is 11.3 Å². The van der Waals surface area contributed by atoms with Gasteiger partial charge in [0, 0.05) is 23.5 Å². The van der Waals surface area contributed by atoms with Crippen molar-refractivity contribution in [3.8, 4) is 11.1 Å². The topological polar surface area (TPSA) is 62.8 Å². The zero-order valence-electron chi connectivity index (χ0n) is 18.6. The number of aromatic nitrogens is 3. The maximum Gasteiger partial charge on any atom is 0.141 e. The van der Waals surface area contributed by atoms with Crippen LogP contribution in [0.15, 0.2) is 103 Å². The van der Waals surface area contributed by atoms with Crippen molar-refractivity contribution < 1.29 is 9.13 Å². The average molecular weight is 441 g/mol. The Kier molecular flexibility index (Phi) is 6.64. The predicted octanol–water partition coefficient (Wildman–Crippen LogP) is 6.76. The second-order valence-electron chi connectivity index (χ2n) is 7.64. The van der Waals surface area contributed by atoms with E-state index < -0.39 is 0 Å². The minimum Gasteiger partial charge on any atom is -0.493 e. The molecular formula is C27H25FN4O. The molecule has 0 spiro atoms. The van der Waals surface area contributed by atoms with E-state index in [1.807, 2.05) is 56.6 Å². The zero-order chi connectivity index (χ0) is 23.2. The molecule has 0 saturated heterocycles. The Bertz CT molecular complexity index is 1340. The molecule has 0 fully saturated rings. The standard InChI is InChI=1S/C27H25FN4O/c1-4-24(12-18(2)19(3)33-16-20-6-5-7-23(28)13-20)32-27-25-14-21(22-10-11-29-15-22)8-9-26(25)30-17-31-27/h4-15,17,29H,1,16H2,2-3H3,(H,30,31,32)/b19-18+,24-12+. The van der Waals surface area contributed by atoms with Gasteiger partial charge in [0.25, 0.3) is 0 Å². The van der Waals surface area contributed by atoms with E-state index in [0.29, 0.717) is 12.4 Å². The van der Waals surface area contributed by atoms with Crippen molar-refractivity contribution >= 4 is 16.7 Å². The summed E-state index contributed by atoms with van der Waals surface area (Å²) in [5, 5.41) is 4.26. The maximum absolute atomic E-state index is 13.4. The van der Waals surface area contributed by atoms with Gasteiger partial charge in [-0.05, 0) is 78.6 Å². The monoisotopic (exact) mass is 440 g/mol. The molecule has 2 N–H and O–H groups in total. The normalized spacial score (nSPS) is 12.4. The highest BCUT2D eigenvalue weighted by molar-refractivity contribution is 5.93. The first-order chi connectivity index (χ1) is 16.0. The molecule has 2 aromatic carbocycles. The number of halogens is 1. The Hall–Kier alpha value is -4.19. The van der Waals surface area contributed by atoms with Gasteiger partial charge in [-0.15, -0.1) is 0 Å². The second-order valence-corrected chi connectivity index (χ2v) is 7.64. The van der Waals surface area contributed by atoms with E-state index in [1.54, 1.807) is 12.1 Å². The SMILES string of the molecule is C=C/C(=C\C(C)=C(/C)OCc1cccc(F)c1)Nc1ncnc2ccc(-c3cc[nH]c3)cc12. The largest absolute Gasteiger partial charge is 0.493 e. The molecule has 0 saturated carbocycles. The van der Waals surface area contributed by atoms with Gasteiger partial charge in [0.05, 0.1) is 11.3 Å². The van der Waals surface area contributed by atoms with E-state index in [-0.39, 0.29) is 5.82 Å². The first-order valence-electron chi connectivity index (χ1n) is 10.6. The van der Waals surface area contributed by atoms with Crippen LogP contribution in [0.3, 0.4) is 0 Å². The number of nitrogens with one attached hydrogen (secondary N) is 2. The Labute approximate surface area is 192 Å². The average Bonchev–Trinajstić information content (AvgIpc) is 3.37. The summed E-state index contributed by atoms with van der Waals surface area (Å²) in [6.45, 7) is 8.06. The van der Waals surface area contributed by atoms with E-state index in [0.717, 1.165) is 44.6 Å². The van der Waals surface area contributed by atoms with Crippen molar-refractivity contribution in [2.24, 2.45) is 0 Å². The number of fused-ring (bicyclic) bond motifs is 1. The van der Waals surface area contributed by atoms with Gasteiger partial charge >= 0.3 is 0 Å². The quantitative estimate of drug-likeness (QED) is 0.235. The Morgan fingerprint density at radius 3 is 2.76 bits per heavy atom. The van der Waals surface area contributed by atoms with Crippen LogP contribution < -0.4 is 5.32 Å². The molecule has 6 heteroatoms. The van der Waals surface area contributed by atoms with Crippen LogP contribution >= 0.6 is 0 Å². The Morgan fingerprint density at radius 2 is 2.00 bits per heavy atom. The van der Waals surface area contributed by atoms with Crippen molar-refractivity contribution in [1.29, 1.82) is 0 Å². The van der Waals surface area contributed by atoms with Crippen LogP contribution in [0.25, 0.3) is 22.0 Å². The predicted molar refractivity (Wildman–Crippen MR) is 131 cm³/mol. The van der Waals surface area contributed by atoms with Gasteiger partial charge in [-0.1, -0.05) is 24.8 Å². The third-order valence-corrected chi connectivity index (χ3v) is 5.32. The third kappa shape index (κ3) is 5.36. The van der Waals surface area contributed by atoms with E-state index >= 15 is 0 Å². The third-order valence-electron chi connectivity index (χ3n) is 5.32. The molecule has 0 amide bonds. The number of anilines is 1. The molecule has 4 aromatic rings. The molecule has 0 aliphatic rings. The molecule has 0 radical (unpaired) electrons. The van der Waals surface area contributed by atoms with Crippen LogP contribution in [0, 0.1) is 5.82 Å². The first kappa shape index (κ1) is 22.0. The van der Waals surface area contributed by atoms with Crippen LogP contribution in [0.4, 0.5) is 10.2 Å². The molecule has 2 aromatic heterocycles. The highest BCUT2D eigenvalue weighted by Gasteiger charge is 2.08. The highest BCUT2D eigenvalue weighted by atomic mass is 19.1. The minimum absolute atomic E-state index is 0.274. The van der Waals surface area contributed by atoms with Gasteiger partial charge < -0.3 is 15.0 Å². The van der Waals surface area contributed by atoms with Gasteiger partial charge in [-0.3, -0.25) is 0 Å². The highest BCUT2D eigenvalue weighted by Crippen LogP contribution is 2.27. The smallest absolute Gasteiger partial charge is 0.141 e. The molecule has 33 heavy (non-hydrogen) atoms. The molecule has 0 aliphatic heterocycles. The zero-order valence-corrected chi connectivity index (χ0v) is 18.6. The number of H-pyrrole nitrogens is 1. The fraction of sp³-hybridized carbons (Fsp3) is 0.111. The van der Waals surface area contributed by atoms with Crippen molar-refractivity contribution in [3.63, 3.8) is 0 Å². The summed E-state index contributed by atoms with van der Waals surface area (Å²) in [5.74, 6) is 1.15. The van der Waals surface area contributed by atoms with Crippen molar-refractivity contribution in [2.75, 3.05) is 5.32 Å². The molecule has 0 aliphatic carbocycles.